The van der Waals surface area contributed by atoms with Gasteiger partial charge in [-0.05, 0) is 19.3 Å². The van der Waals surface area contributed by atoms with Crippen LogP contribution in [0.5, 0.6) is 0 Å². The van der Waals surface area contributed by atoms with Crippen LogP contribution in [-0.2, 0) is 4.74 Å². The van der Waals surface area contributed by atoms with E-state index in [2.05, 4.69) is 20.4 Å². The topological polar surface area (TPSA) is 9.23 Å². The molecule has 0 aromatic carbocycles. The molecule has 68 valence electrons. The molecule has 2 fully saturated rings. The lowest BCUT2D eigenvalue weighted by Crippen LogP contribution is -2.28. The van der Waals surface area contributed by atoms with Gasteiger partial charge in [-0.3, -0.25) is 0 Å². The minimum atomic E-state index is 0.227. The van der Waals surface area contributed by atoms with Crippen LogP contribution in [0.4, 0.5) is 0 Å². The Kier molecular flexibility index (Phi) is 1.71. The Labute approximate surface area is 74.8 Å². The second-order valence-electron chi connectivity index (χ2n) is 4.69. The normalized spacial score (nSPS) is 39.0. The first-order valence-electron chi connectivity index (χ1n) is 4.98. The summed E-state index contributed by atoms with van der Waals surface area (Å²) < 4.78 is 5.79. The molecule has 0 N–H and O–H groups in total. The van der Waals surface area contributed by atoms with Crippen molar-refractivity contribution in [3.05, 3.63) is 12.3 Å². The lowest BCUT2D eigenvalue weighted by Gasteiger charge is -2.30. The highest BCUT2D eigenvalue weighted by Crippen LogP contribution is 2.50. The smallest absolute Gasteiger partial charge is 0.102 e. The van der Waals surface area contributed by atoms with Gasteiger partial charge in [-0.25, -0.2) is 0 Å². The van der Waals surface area contributed by atoms with Crippen molar-refractivity contribution in [2.24, 2.45) is 11.3 Å². The first-order valence-corrected chi connectivity index (χ1v) is 4.98. The van der Waals surface area contributed by atoms with Gasteiger partial charge in [0, 0.05) is 11.3 Å². The van der Waals surface area contributed by atoms with Gasteiger partial charge in [0.05, 0.1) is 5.76 Å². The molecule has 0 spiro atoms. The monoisotopic (exact) mass is 166 g/mol. The van der Waals surface area contributed by atoms with Gasteiger partial charge in [-0.1, -0.05) is 26.8 Å². The van der Waals surface area contributed by atoms with Gasteiger partial charge < -0.3 is 4.74 Å². The van der Waals surface area contributed by atoms with E-state index in [-0.39, 0.29) is 5.41 Å². The fourth-order valence-corrected chi connectivity index (χ4v) is 2.60. The predicted molar refractivity (Wildman–Crippen MR) is 49.8 cm³/mol. The Morgan fingerprint density at radius 2 is 2.00 bits per heavy atom. The second-order valence-corrected chi connectivity index (χ2v) is 4.69. The summed E-state index contributed by atoms with van der Waals surface area (Å²) in [6, 6.07) is 0. The molecule has 0 unspecified atom stereocenters. The van der Waals surface area contributed by atoms with Gasteiger partial charge in [0.25, 0.3) is 0 Å². The predicted octanol–water partition coefficient (Wildman–Crippen LogP) is 3.12. The quantitative estimate of drug-likeness (QED) is 0.537. The molecule has 0 radical (unpaired) electrons. The number of ether oxygens (including phenoxy) is 1. The molecular formula is C11H18O. The Bertz CT molecular complexity index is 205. The summed E-state index contributed by atoms with van der Waals surface area (Å²) >= 11 is 0. The van der Waals surface area contributed by atoms with Crippen molar-refractivity contribution in [3.63, 3.8) is 0 Å². The van der Waals surface area contributed by atoms with Crippen LogP contribution in [-0.4, -0.2) is 6.10 Å². The first-order chi connectivity index (χ1) is 5.62. The molecule has 2 atom stereocenters. The molecule has 1 heterocycles. The van der Waals surface area contributed by atoms with Gasteiger partial charge in [-0.2, -0.15) is 0 Å². The molecule has 1 aliphatic carbocycles. The Morgan fingerprint density at radius 3 is 2.67 bits per heavy atom. The molecule has 0 bridgehead atoms. The summed E-state index contributed by atoms with van der Waals surface area (Å²) in [6.07, 6.45) is 5.77. The third-order valence-electron chi connectivity index (χ3n) is 3.64. The summed E-state index contributed by atoms with van der Waals surface area (Å²) in [4.78, 5) is 0. The number of rotatable bonds is 0. The van der Waals surface area contributed by atoms with E-state index >= 15 is 0 Å². The molecule has 0 aromatic heterocycles. The van der Waals surface area contributed by atoms with Gasteiger partial charge in [0.15, 0.2) is 0 Å². The molecule has 1 saturated carbocycles. The van der Waals surface area contributed by atoms with Crippen molar-refractivity contribution < 1.29 is 4.74 Å². The van der Waals surface area contributed by atoms with Crippen LogP contribution in [0.3, 0.4) is 0 Å². The fourth-order valence-electron chi connectivity index (χ4n) is 2.60. The Balaban J connectivity index is 2.22. The zero-order valence-electron chi connectivity index (χ0n) is 8.10. The second kappa shape index (κ2) is 2.51. The summed E-state index contributed by atoms with van der Waals surface area (Å²) in [7, 11) is 0. The zero-order valence-corrected chi connectivity index (χ0v) is 8.10. The van der Waals surface area contributed by atoms with Crippen LogP contribution in [0.15, 0.2) is 12.3 Å². The van der Waals surface area contributed by atoms with Crippen LogP contribution >= 0.6 is 0 Å². The van der Waals surface area contributed by atoms with Gasteiger partial charge in [0.2, 0.25) is 0 Å². The maximum Gasteiger partial charge on any atom is 0.102 e. The number of allylic oxidation sites excluding steroid dienone is 1. The van der Waals surface area contributed by atoms with Crippen LogP contribution in [0, 0.1) is 11.3 Å². The van der Waals surface area contributed by atoms with Crippen LogP contribution in [0.25, 0.3) is 0 Å². The molecule has 1 nitrogen and oxygen atoms in total. The molecule has 2 rings (SSSR count). The summed E-state index contributed by atoms with van der Waals surface area (Å²) in [5, 5.41) is 0. The highest BCUT2D eigenvalue weighted by atomic mass is 16.5. The average Bonchev–Trinajstić information content (AvgIpc) is 2.25. The molecular weight excluding hydrogens is 148 g/mol. The highest BCUT2D eigenvalue weighted by Gasteiger charge is 2.47. The third-order valence-corrected chi connectivity index (χ3v) is 3.64. The van der Waals surface area contributed by atoms with Crippen molar-refractivity contribution in [2.75, 3.05) is 0 Å². The number of fused-ring (bicyclic) bond motifs is 1. The van der Waals surface area contributed by atoms with E-state index in [1.165, 1.54) is 25.7 Å². The fraction of sp³-hybridized carbons (Fsp3) is 0.818. The van der Waals surface area contributed by atoms with E-state index < -0.39 is 0 Å². The van der Waals surface area contributed by atoms with Crippen LogP contribution in [0.1, 0.15) is 39.5 Å². The summed E-state index contributed by atoms with van der Waals surface area (Å²) in [6.45, 7) is 8.55. The number of hydrogen-bond acceptors (Lipinski definition) is 1. The Hall–Kier alpha value is -0.460. The van der Waals surface area contributed by atoms with E-state index in [1.54, 1.807) is 0 Å². The van der Waals surface area contributed by atoms with E-state index in [9.17, 15) is 0 Å². The lowest BCUT2D eigenvalue weighted by atomic mass is 9.71. The van der Waals surface area contributed by atoms with E-state index in [1.807, 2.05) is 0 Å². The van der Waals surface area contributed by atoms with Gasteiger partial charge in [-0.15, -0.1) is 0 Å². The molecule has 1 heteroatoms. The summed E-state index contributed by atoms with van der Waals surface area (Å²) in [5.41, 5.74) is 0.227. The summed E-state index contributed by atoms with van der Waals surface area (Å²) in [5.74, 6) is 1.75. The zero-order chi connectivity index (χ0) is 8.77. The first kappa shape index (κ1) is 8.15. The standard InChI is InChI=1S/C11H18O/c1-8-11(2,3)9-6-4-5-7-10(9)12-8/h9-10H,1,4-7H2,2-3H3/t9-,10-/m0/s1. The largest absolute Gasteiger partial charge is 0.494 e. The molecule has 2 aliphatic rings. The average molecular weight is 166 g/mol. The maximum absolute atomic E-state index is 5.79. The molecule has 0 amide bonds. The van der Waals surface area contributed by atoms with E-state index in [4.69, 9.17) is 4.74 Å². The molecule has 1 saturated heterocycles. The molecule has 12 heavy (non-hydrogen) atoms. The maximum atomic E-state index is 5.79. The van der Waals surface area contributed by atoms with Crippen molar-refractivity contribution >= 4 is 0 Å². The van der Waals surface area contributed by atoms with Crippen molar-refractivity contribution in [1.29, 1.82) is 0 Å². The third kappa shape index (κ3) is 0.988. The minimum absolute atomic E-state index is 0.227. The van der Waals surface area contributed by atoms with Gasteiger partial charge in [0.1, 0.15) is 6.10 Å². The van der Waals surface area contributed by atoms with Crippen LogP contribution < -0.4 is 0 Å². The van der Waals surface area contributed by atoms with Crippen molar-refractivity contribution in [3.8, 4) is 0 Å². The molecule has 1 aliphatic heterocycles. The molecule has 0 aromatic rings. The van der Waals surface area contributed by atoms with Gasteiger partial charge >= 0.3 is 0 Å². The van der Waals surface area contributed by atoms with E-state index in [0.29, 0.717) is 6.10 Å². The van der Waals surface area contributed by atoms with Crippen molar-refractivity contribution in [1.82, 2.24) is 0 Å². The van der Waals surface area contributed by atoms with E-state index in [0.717, 1.165) is 11.7 Å². The minimum Gasteiger partial charge on any atom is -0.494 e. The number of hydrogen-bond donors (Lipinski definition) is 0. The highest BCUT2D eigenvalue weighted by molar-refractivity contribution is 5.11. The van der Waals surface area contributed by atoms with Crippen LogP contribution in [0.2, 0.25) is 0 Å². The lowest BCUT2D eigenvalue weighted by molar-refractivity contribution is 0.0930. The Morgan fingerprint density at radius 1 is 1.33 bits per heavy atom. The van der Waals surface area contributed by atoms with Crippen molar-refractivity contribution in [2.45, 2.75) is 45.6 Å². The SMILES string of the molecule is C=C1O[C@H]2CCCC[C@@H]2C1(C)C.